The first-order valence-electron chi connectivity index (χ1n) is 13.8. The minimum atomic E-state index is -0.592. The van der Waals surface area contributed by atoms with Crippen LogP contribution < -0.4 is 5.32 Å². The van der Waals surface area contributed by atoms with Crippen molar-refractivity contribution >= 4 is 16.8 Å². The molecule has 0 radical (unpaired) electrons. The van der Waals surface area contributed by atoms with Gasteiger partial charge >= 0.3 is 0 Å². The van der Waals surface area contributed by atoms with Gasteiger partial charge in [-0.1, -0.05) is 50.5 Å². The summed E-state index contributed by atoms with van der Waals surface area (Å²) in [5.41, 5.74) is 2.03. The highest BCUT2D eigenvalue weighted by molar-refractivity contribution is 5.84. The van der Waals surface area contributed by atoms with Crippen LogP contribution in [0.25, 0.3) is 10.9 Å². The molecular weight excluding hydrogens is 468 g/mol. The maximum Gasteiger partial charge on any atom is 0.220 e. The second-order valence-electron chi connectivity index (χ2n) is 10.3. The van der Waals surface area contributed by atoms with Crippen molar-refractivity contribution in [1.82, 2.24) is 10.3 Å². The van der Waals surface area contributed by atoms with Crippen LogP contribution in [0.3, 0.4) is 0 Å². The lowest BCUT2D eigenvalue weighted by Gasteiger charge is -2.19. The summed E-state index contributed by atoms with van der Waals surface area (Å²) >= 11 is 0. The number of hydrogen-bond acceptors (Lipinski definition) is 5. The predicted molar refractivity (Wildman–Crippen MR) is 147 cm³/mol. The normalized spacial score (nSPS) is 22.9. The first-order chi connectivity index (χ1) is 17.9. The van der Waals surface area contributed by atoms with Gasteiger partial charge in [-0.2, -0.15) is 0 Å². The van der Waals surface area contributed by atoms with Crippen LogP contribution in [-0.2, 0) is 11.2 Å². The van der Waals surface area contributed by atoms with E-state index in [1.54, 1.807) is 18.2 Å². The number of fused-ring (bicyclic) bond motifs is 1. The Morgan fingerprint density at radius 1 is 1.19 bits per heavy atom. The number of amides is 1. The zero-order valence-corrected chi connectivity index (χ0v) is 22.0. The van der Waals surface area contributed by atoms with E-state index < -0.39 is 18.3 Å². The monoisotopic (exact) mass is 512 g/mol. The molecule has 0 aliphatic heterocycles. The fourth-order valence-electron chi connectivity index (χ4n) is 5.21. The van der Waals surface area contributed by atoms with Crippen molar-refractivity contribution in [2.24, 2.45) is 11.8 Å². The standard InChI is InChI=1S/C30H44N2O5/c1-2-3-6-9-22(33)12-14-25-24(28(35)19-29(25)36)10-7-4-5-8-11-30(37)31-17-16-21-20-32-27-15-13-23(34)18-26(21)27/h4,7,12-15,18,20,22,24-25,28-29,32-36H,2-3,5-6,8-11,16-17,19H2,1H3,(H,31,37)/b7-4-,14-12+/t22-,24+,25+,28-,29+/m0/s1. The maximum atomic E-state index is 12.2. The number of phenols is 1. The number of benzene rings is 1. The van der Waals surface area contributed by atoms with Gasteiger partial charge in [0.1, 0.15) is 5.75 Å². The van der Waals surface area contributed by atoms with Crippen LogP contribution in [0.1, 0.15) is 70.3 Å². The summed E-state index contributed by atoms with van der Waals surface area (Å²) in [6.45, 7) is 2.68. The van der Waals surface area contributed by atoms with Gasteiger partial charge in [0, 0.05) is 42.4 Å². The van der Waals surface area contributed by atoms with E-state index in [1.807, 2.05) is 30.5 Å². The Hall–Kier alpha value is -2.61. The molecule has 1 saturated carbocycles. The third-order valence-corrected chi connectivity index (χ3v) is 7.39. The number of H-pyrrole nitrogens is 1. The molecule has 1 aromatic heterocycles. The van der Waals surface area contributed by atoms with E-state index in [9.17, 15) is 25.2 Å². The van der Waals surface area contributed by atoms with Crippen LogP contribution in [-0.4, -0.2) is 56.2 Å². The largest absolute Gasteiger partial charge is 0.508 e. The van der Waals surface area contributed by atoms with Gasteiger partial charge in [-0.05, 0) is 61.8 Å². The molecule has 1 heterocycles. The number of aromatic nitrogens is 1. The van der Waals surface area contributed by atoms with Crippen LogP contribution in [0.2, 0.25) is 0 Å². The van der Waals surface area contributed by atoms with Crippen LogP contribution >= 0.6 is 0 Å². The zero-order chi connectivity index (χ0) is 26.6. The van der Waals surface area contributed by atoms with E-state index >= 15 is 0 Å². The molecule has 37 heavy (non-hydrogen) atoms. The highest BCUT2D eigenvalue weighted by Gasteiger charge is 2.39. The number of phenolic OH excluding ortho intramolecular Hbond substituents is 1. The molecule has 1 aliphatic rings. The summed E-state index contributed by atoms with van der Waals surface area (Å²) < 4.78 is 0. The van der Waals surface area contributed by atoms with E-state index in [-0.39, 0.29) is 23.5 Å². The summed E-state index contributed by atoms with van der Waals surface area (Å²) in [5, 5.41) is 44.6. The molecule has 5 atom stereocenters. The molecule has 7 heteroatoms. The van der Waals surface area contributed by atoms with Gasteiger partial charge in [-0.3, -0.25) is 4.79 Å². The first kappa shape index (κ1) is 29.0. The third-order valence-electron chi connectivity index (χ3n) is 7.39. The van der Waals surface area contributed by atoms with Crippen molar-refractivity contribution < 1.29 is 25.2 Å². The average Bonchev–Trinajstić information content (AvgIpc) is 3.38. The lowest BCUT2D eigenvalue weighted by molar-refractivity contribution is -0.121. The minimum Gasteiger partial charge on any atom is -0.508 e. The van der Waals surface area contributed by atoms with Gasteiger partial charge in [0.05, 0.1) is 18.3 Å². The Labute approximate surface area is 220 Å². The van der Waals surface area contributed by atoms with Crippen LogP contribution in [0.15, 0.2) is 48.7 Å². The lowest BCUT2D eigenvalue weighted by atomic mass is 9.89. The number of nitrogens with one attached hydrogen (secondary N) is 2. The van der Waals surface area contributed by atoms with Gasteiger partial charge < -0.3 is 30.7 Å². The molecule has 0 bridgehead atoms. The third kappa shape index (κ3) is 9.02. The van der Waals surface area contributed by atoms with Crippen molar-refractivity contribution in [1.29, 1.82) is 0 Å². The minimum absolute atomic E-state index is 0.0214. The Kier molecular flexibility index (Phi) is 11.7. The predicted octanol–water partition coefficient (Wildman–Crippen LogP) is 4.50. The molecule has 3 rings (SSSR count). The molecule has 0 unspecified atom stereocenters. The fourth-order valence-corrected chi connectivity index (χ4v) is 5.21. The van der Waals surface area contributed by atoms with Gasteiger partial charge in [0.2, 0.25) is 5.91 Å². The van der Waals surface area contributed by atoms with Gasteiger partial charge in [-0.25, -0.2) is 0 Å². The lowest BCUT2D eigenvalue weighted by Crippen LogP contribution is -2.25. The molecule has 204 valence electrons. The van der Waals surface area contributed by atoms with Crippen LogP contribution in [0.4, 0.5) is 0 Å². The average molecular weight is 513 g/mol. The molecule has 1 amide bonds. The molecule has 1 aromatic carbocycles. The number of hydrogen-bond donors (Lipinski definition) is 6. The van der Waals surface area contributed by atoms with E-state index in [4.69, 9.17) is 0 Å². The van der Waals surface area contributed by atoms with E-state index in [0.717, 1.165) is 55.0 Å². The topological polar surface area (TPSA) is 126 Å². The van der Waals surface area contributed by atoms with Crippen LogP contribution in [0.5, 0.6) is 5.75 Å². The number of aromatic hydroxyl groups is 1. The number of allylic oxidation sites excluding steroid dienone is 2. The highest BCUT2D eigenvalue weighted by atomic mass is 16.3. The highest BCUT2D eigenvalue weighted by Crippen LogP contribution is 2.36. The van der Waals surface area contributed by atoms with Crippen molar-refractivity contribution in [2.45, 2.75) is 89.4 Å². The maximum absolute atomic E-state index is 12.2. The van der Waals surface area contributed by atoms with E-state index in [2.05, 4.69) is 17.2 Å². The summed E-state index contributed by atoms with van der Waals surface area (Å²) in [4.78, 5) is 15.4. The van der Waals surface area contributed by atoms with E-state index in [0.29, 0.717) is 32.2 Å². The Morgan fingerprint density at radius 3 is 2.84 bits per heavy atom. The second kappa shape index (κ2) is 15.0. The molecule has 0 saturated heterocycles. The number of carbonyl (C=O) groups excluding carboxylic acids is 1. The number of carbonyl (C=O) groups is 1. The van der Waals surface area contributed by atoms with Crippen LogP contribution in [0, 0.1) is 11.8 Å². The van der Waals surface area contributed by atoms with Crippen molar-refractivity contribution in [2.75, 3.05) is 6.54 Å². The summed E-state index contributed by atoms with van der Waals surface area (Å²) in [6, 6.07) is 5.22. The van der Waals surface area contributed by atoms with Gasteiger partial charge in [0.25, 0.3) is 0 Å². The molecule has 0 spiro atoms. The SMILES string of the molecule is CCCCC[C@H](O)/C=C/[C@@H]1[C@@H](C/C=C\CCCC(=O)NCCc2c[nH]c3ccc(O)cc23)[C@@H](O)C[C@H]1O. The Morgan fingerprint density at radius 2 is 2.03 bits per heavy atom. The summed E-state index contributed by atoms with van der Waals surface area (Å²) in [7, 11) is 0. The molecule has 6 N–H and O–H groups in total. The molecular formula is C30H44N2O5. The number of unbranched alkanes of at least 4 members (excludes halogenated alkanes) is 3. The van der Waals surface area contributed by atoms with Gasteiger partial charge in [-0.15, -0.1) is 0 Å². The van der Waals surface area contributed by atoms with E-state index in [1.165, 1.54) is 0 Å². The molecule has 7 nitrogen and oxygen atoms in total. The summed E-state index contributed by atoms with van der Waals surface area (Å²) in [5.74, 6) is 0.0215. The Bertz CT molecular complexity index is 1030. The van der Waals surface area contributed by atoms with Crippen molar-refractivity contribution in [3.05, 3.63) is 54.3 Å². The number of aliphatic hydroxyl groups excluding tert-OH is 3. The summed E-state index contributed by atoms with van der Waals surface area (Å²) in [6.07, 6.45) is 15.6. The molecule has 1 aliphatic carbocycles. The number of aromatic amines is 1. The smallest absolute Gasteiger partial charge is 0.220 e. The first-order valence-corrected chi connectivity index (χ1v) is 13.8. The molecule has 1 fully saturated rings. The second-order valence-corrected chi connectivity index (χ2v) is 10.3. The number of rotatable bonds is 15. The quantitative estimate of drug-likeness (QED) is 0.155. The fraction of sp³-hybridized carbons (Fsp3) is 0.567. The number of aliphatic hydroxyl groups is 3. The van der Waals surface area contributed by atoms with Crippen molar-refractivity contribution in [3.63, 3.8) is 0 Å². The van der Waals surface area contributed by atoms with Crippen molar-refractivity contribution in [3.8, 4) is 5.75 Å². The van der Waals surface area contributed by atoms with Gasteiger partial charge in [0.15, 0.2) is 0 Å². The molecule has 2 aromatic rings. The Balaban J connectivity index is 1.33. The zero-order valence-electron chi connectivity index (χ0n) is 22.0.